The lowest BCUT2D eigenvalue weighted by atomic mass is 10.1. The lowest BCUT2D eigenvalue weighted by Gasteiger charge is -2.15. The summed E-state index contributed by atoms with van der Waals surface area (Å²) in [6.07, 6.45) is 3.08. The number of hydrogen-bond donors (Lipinski definition) is 3. The van der Waals surface area contributed by atoms with Crippen LogP contribution in [0.25, 0.3) is 11.0 Å². The Kier molecular flexibility index (Phi) is 4.70. The fourth-order valence-electron chi connectivity index (χ4n) is 2.48. The van der Waals surface area contributed by atoms with Gasteiger partial charge in [0.1, 0.15) is 22.8 Å². The number of H-pyrrole nitrogens is 1. The molecule has 9 nitrogen and oxygen atoms in total. The summed E-state index contributed by atoms with van der Waals surface area (Å²) >= 11 is 0. The number of nitrogens with zero attached hydrogens (tertiary/aromatic N) is 1. The first-order chi connectivity index (χ1) is 12.5. The number of carbonyl (C=O) groups is 2. The molecule has 3 N–H and O–H groups in total. The van der Waals surface area contributed by atoms with Crippen LogP contribution in [0.15, 0.2) is 46.0 Å². The fourth-order valence-corrected chi connectivity index (χ4v) is 2.48. The number of fused-ring (bicyclic) bond motifs is 1. The van der Waals surface area contributed by atoms with Crippen molar-refractivity contribution in [2.24, 2.45) is 0 Å². The molecular weight excluding hydrogens is 342 g/mol. The van der Waals surface area contributed by atoms with Crippen LogP contribution < -0.4 is 10.7 Å². The Bertz CT molecular complexity index is 1010. The Morgan fingerprint density at radius 2 is 2.23 bits per heavy atom. The number of rotatable bonds is 5. The molecule has 3 aromatic rings. The molecule has 2 aromatic heterocycles. The first-order valence-electron chi connectivity index (χ1n) is 7.61. The normalized spacial score (nSPS) is 11.9. The van der Waals surface area contributed by atoms with Gasteiger partial charge in [-0.25, -0.2) is 9.78 Å². The maximum Gasteiger partial charge on any atom is 0.328 e. The number of aromatic amines is 1. The summed E-state index contributed by atoms with van der Waals surface area (Å²) in [7, 11) is 1.20. The standard InChI is InChI=1S/C17H15N3O6/c1-25-17(24)10(5-9-7-18-8-19-9)20-16(23)14-6-12(22)15-11(21)3-2-4-13(15)26-14/h2-4,6-8,10,21H,5H2,1H3,(H,18,19)(H,20,23)/t10-/m0/s1. The van der Waals surface area contributed by atoms with E-state index in [1.54, 1.807) is 0 Å². The molecule has 134 valence electrons. The van der Waals surface area contributed by atoms with Crippen LogP contribution in [0.4, 0.5) is 0 Å². The zero-order valence-electron chi connectivity index (χ0n) is 13.7. The van der Waals surface area contributed by atoms with E-state index in [9.17, 15) is 19.5 Å². The minimum Gasteiger partial charge on any atom is -0.507 e. The summed E-state index contributed by atoms with van der Waals surface area (Å²) < 4.78 is 10.1. The number of nitrogens with one attached hydrogen (secondary N) is 2. The number of phenolic OH excluding ortho intramolecular Hbond substituents is 1. The summed E-state index contributed by atoms with van der Waals surface area (Å²) in [5.41, 5.74) is 0.106. The van der Waals surface area contributed by atoms with Gasteiger partial charge in [-0.15, -0.1) is 0 Å². The van der Waals surface area contributed by atoms with E-state index in [0.717, 1.165) is 6.07 Å². The second-order valence-corrected chi connectivity index (χ2v) is 5.46. The molecule has 0 fully saturated rings. The number of esters is 1. The number of hydrogen-bond acceptors (Lipinski definition) is 7. The van der Waals surface area contributed by atoms with Gasteiger partial charge < -0.3 is 24.6 Å². The number of amides is 1. The van der Waals surface area contributed by atoms with Gasteiger partial charge in [0.15, 0.2) is 11.2 Å². The average Bonchev–Trinajstić information content (AvgIpc) is 3.13. The van der Waals surface area contributed by atoms with E-state index >= 15 is 0 Å². The summed E-state index contributed by atoms with van der Waals surface area (Å²) in [5, 5.41) is 12.2. The molecule has 0 aliphatic carbocycles. The third-order valence-electron chi connectivity index (χ3n) is 3.73. The van der Waals surface area contributed by atoms with Crippen molar-refractivity contribution in [1.82, 2.24) is 15.3 Å². The quantitative estimate of drug-likeness (QED) is 0.573. The maximum absolute atomic E-state index is 12.4. The number of aromatic hydroxyl groups is 1. The summed E-state index contributed by atoms with van der Waals surface area (Å²) in [4.78, 5) is 43.2. The smallest absolute Gasteiger partial charge is 0.328 e. The van der Waals surface area contributed by atoms with Crippen molar-refractivity contribution in [1.29, 1.82) is 0 Å². The first-order valence-corrected chi connectivity index (χ1v) is 7.61. The van der Waals surface area contributed by atoms with E-state index in [-0.39, 0.29) is 28.9 Å². The number of carbonyl (C=O) groups excluding carboxylic acids is 2. The second kappa shape index (κ2) is 7.09. The third-order valence-corrected chi connectivity index (χ3v) is 3.73. The number of benzene rings is 1. The van der Waals surface area contributed by atoms with Crippen LogP contribution in [-0.2, 0) is 16.0 Å². The van der Waals surface area contributed by atoms with Crippen LogP contribution >= 0.6 is 0 Å². The molecule has 0 aliphatic rings. The largest absolute Gasteiger partial charge is 0.507 e. The highest BCUT2D eigenvalue weighted by Gasteiger charge is 2.25. The molecule has 1 aromatic carbocycles. The zero-order chi connectivity index (χ0) is 18.7. The Balaban J connectivity index is 1.88. The van der Waals surface area contributed by atoms with Crippen LogP contribution in [0, 0.1) is 0 Å². The highest BCUT2D eigenvalue weighted by Crippen LogP contribution is 2.21. The number of imidazole rings is 1. The van der Waals surface area contributed by atoms with Crippen molar-refractivity contribution in [2.75, 3.05) is 7.11 Å². The van der Waals surface area contributed by atoms with Crippen LogP contribution in [-0.4, -0.2) is 40.1 Å². The molecule has 1 amide bonds. The predicted molar refractivity (Wildman–Crippen MR) is 89.7 cm³/mol. The number of aromatic nitrogens is 2. The van der Waals surface area contributed by atoms with E-state index in [1.807, 2.05) is 0 Å². The van der Waals surface area contributed by atoms with Gasteiger partial charge in [0, 0.05) is 24.4 Å². The van der Waals surface area contributed by atoms with Gasteiger partial charge in [-0.1, -0.05) is 6.07 Å². The van der Waals surface area contributed by atoms with Gasteiger partial charge in [-0.3, -0.25) is 9.59 Å². The van der Waals surface area contributed by atoms with Crippen molar-refractivity contribution in [2.45, 2.75) is 12.5 Å². The molecule has 0 saturated heterocycles. The van der Waals surface area contributed by atoms with Gasteiger partial charge in [0.25, 0.3) is 5.91 Å². The Hall–Kier alpha value is -3.62. The molecule has 3 rings (SSSR count). The molecule has 0 saturated carbocycles. The third kappa shape index (κ3) is 3.41. The predicted octanol–water partition coefficient (Wildman–Crippen LogP) is 0.736. The summed E-state index contributed by atoms with van der Waals surface area (Å²) in [6, 6.07) is 4.24. The van der Waals surface area contributed by atoms with E-state index in [2.05, 4.69) is 15.3 Å². The molecule has 0 aliphatic heterocycles. The van der Waals surface area contributed by atoms with Crippen molar-refractivity contribution in [3.63, 3.8) is 0 Å². The second-order valence-electron chi connectivity index (χ2n) is 5.46. The van der Waals surface area contributed by atoms with Crippen LogP contribution in [0.1, 0.15) is 16.2 Å². The van der Waals surface area contributed by atoms with Crippen LogP contribution in [0.3, 0.4) is 0 Å². The zero-order valence-corrected chi connectivity index (χ0v) is 13.7. The molecule has 0 spiro atoms. The summed E-state index contributed by atoms with van der Waals surface area (Å²) in [6.45, 7) is 0. The van der Waals surface area contributed by atoms with Gasteiger partial charge in [-0.05, 0) is 12.1 Å². The number of methoxy groups -OCH3 is 1. The molecule has 1 atom stereocenters. The molecule has 9 heteroatoms. The van der Waals surface area contributed by atoms with Crippen molar-refractivity contribution < 1.29 is 23.8 Å². The van der Waals surface area contributed by atoms with E-state index in [1.165, 1.54) is 37.8 Å². The van der Waals surface area contributed by atoms with Gasteiger partial charge in [0.05, 0.1) is 13.4 Å². The van der Waals surface area contributed by atoms with E-state index in [0.29, 0.717) is 5.69 Å². The van der Waals surface area contributed by atoms with E-state index < -0.39 is 23.3 Å². The molecule has 0 unspecified atom stereocenters. The Morgan fingerprint density at radius 1 is 1.42 bits per heavy atom. The minimum atomic E-state index is -1.00. The highest BCUT2D eigenvalue weighted by molar-refractivity contribution is 5.96. The monoisotopic (exact) mass is 357 g/mol. The number of phenols is 1. The topological polar surface area (TPSA) is 135 Å². The van der Waals surface area contributed by atoms with Gasteiger partial charge >= 0.3 is 5.97 Å². The lowest BCUT2D eigenvalue weighted by Crippen LogP contribution is -2.43. The first kappa shape index (κ1) is 17.2. The molecule has 0 bridgehead atoms. The summed E-state index contributed by atoms with van der Waals surface area (Å²) in [5.74, 6) is -1.95. The van der Waals surface area contributed by atoms with E-state index in [4.69, 9.17) is 9.15 Å². The van der Waals surface area contributed by atoms with Crippen molar-refractivity contribution in [3.8, 4) is 5.75 Å². The van der Waals surface area contributed by atoms with Crippen molar-refractivity contribution in [3.05, 3.63) is 58.5 Å². The number of ether oxygens (including phenoxy) is 1. The molecule has 0 radical (unpaired) electrons. The SMILES string of the molecule is COC(=O)[C@H](Cc1cnc[nH]1)NC(=O)c1cc(=O)c2c(O)cccc2o1. The Labute approximate surface area is 146 Å². The van der Waals surface area contributed by atoms with Crippen molar-refractivity contribution >= 4 is 22.8 Å². The molecule has 2 heterocycles. The Morgan fingerprint density at radius 3 is 2.92 bits per heavy atom. The minimum absolute atomic E-state index is 0.0222. The molecular formula is C17H15N3O6. The maximum atomic E-state index is 12.4. The van der Waals surface area contributed by atoms with Gasteiger partial charge in [-0.2, -0.15) is 0 Å². The van der Waals surface area contributed by atoms with Crippen LogP contribution in [0.5, 0.6) is 5.75 Å². The fraction of sp³-hybridized carbons (Fsp3) is 0.176. The van der Waals surface area contributed by atoms with Crippen LogP contribution in [0.2, 0.25) is 0 Å². The highest BCUT2D eigenvalue weighted by atomic mass is 16.5. The average molecular weight is 357 g/mol. The lowest BCUT2D eigenvalue weighted by molar-refractivity contribution is -0.142. The van der Waals surface area contributed by atoms with Gasteiger partial charge in [0.2, 0.25) is 0 Å². The molecule has 26 heavy (non-hydrogen) atoms.